The molecule has 3 aromatic rings. The summed E-state index contributed by atoms with van der Waals surface area (Å²) in [4.78, 5) is 63.6. The molecule has 0 aliphatic carbocycles. The third-order valence-corrected chi connectivity index (χ3v) is 17.0. The van der Waals surface area contributed by atoms with Crippen LogP contribution in [0.4, 0.5) is 5.69 Å². The number of ketones is 1. The molecule has 420 valence electrons. The van der Waals surface area contributed by atoms with Crippen LogP contribution in [-0.4, -0.2) is 162 Å². The third kappa shape index (κ3) is 11.7. The molecule has 8 rings (SSSR count). The number of rotatable bonds is 19. The van der Waals surface area contributed by atoms with Gasteiger partial charge in [0.1, 0.15) is 34.5 Å². The number of Topliss-reactive ketones (excluding diaryl/α,β-unsaturated/α-hetero) is 1. The third-order valence-electron chi connectivity index (χ3n) is 17.0. The number of phenolic OH excluding ortho intramolecular Hbond substituents is 2. The normalized spacial score (nSPS) is 22.2. The lowest BCUT2D eigenvalue weighted by molar-refractivity contribution is -0.164. The zero-order chi connectivity index (χ0) is 55.8. The number of aliphatic hydroxyl groups excluding tert-OH is 3. The van der Waals surface area contributed by atoms with Crippen LogP contribution in [0.1, 0.15) is 110 Å². The van der Waals surface area contributed by atoms with Gasteiger partial charge in [0.2, 0.25) is 5.78 Å². The molecule has 77 heavy (non-hydrogen) atoms. The number of carbonyl (C=O) groups excluding carboxylic acids is 3. The van der Waals surface area contributed by atoms with Crippen molar-refractivity contribution in [2.75, 3.05) is 58.2 Å². The van der Waals surface area contributed by atoms with Gasteiger partial charge in [0.25, 0.3) is 5.91 Å². The van der Waals surface area contributed by atoms with Gasteiger partial charge in [-0.05, 0) is 52.5 Å². The molecule has 2 aromatic carbocycles. The van der Waals surface area contributed by atoms with Crippen molar-refractivity contribution in [3.63, 3.8) is 0 Å². The van der Waals surface area contributed by atoms with E-state index in [4.69, 9.17) is 24.2 Å². The Morgan fingerprint density at radius 3 is 2.25 bits per heavy atom. The SMILES string of the molecule is CO[C@@H](/C=C/O)[C@@H](C)[C@@H](OC(=O)CN1CCC(N2CCn3ccnc3C2)CC1)[C@H](C)[C@H](O)[C@H](C)[C@@H](O)[C@@H](C)/C=C/C=C(/C)C(=O)Nc1c(O)c2c(O)c(C)c3c(c2c2c1=NC1(CCN(CC(C)C)CC1)N=2)C(=O)C(C)(C)O3. The Morgan fingerprint density at radius 2 is 1.58 bits per heavy atom. The number of allylic oxidation sites excluding steroid dienone is 2. The Labute approximate surface area is 452 Å². The molecule has 0 saturated carbocycles. The predicted octanol–water partition coefficient (Wildman–Crippen LogP) is 5.50. The van der Waals surface area contributed by atoms with Crippen molar-refractivity contribution in [2.24, 2.45) is 39.6 Å². The number of esters is 1. The molecule has 6 heterocycles. The average molecular weight is 1070 g/mol. The van der Waals surface area contributed by atoms with Gasteiger partial charge in [-0.1, -0.05) is 59.8 Å². The highest BCUT2D eigenvalue weighted by atomic mass is 16.5. The number of imidazole rings is 1. The quantitative estimate of drug-likeness (QED) is 0.0286. The fourth-order valence-corrected chi connectivity index (χ4v) is 12.2. The van der Waals surface area contributed by atoms with Crippen LogP contribution >= 0.6 is 0 Å². The van der Waals surface area contributed by atoms with Gasteiger partial charge in [-0.15, -0.1) is 0 Å². The van der Waals surface area contributed by atoms with E-state index in [0.29, 0.717) is 30.2 Å². The number of hydrogen-bond donors (Lipinski definition) is 6. The Hall–Kier alpha value is -5.70. The highest BCUT2D eigenvalue weighted by Gasteiger charge is 2.46. The van der Waals surface area contributed by atoms with Crippen LogP contribution < -0.4 is 20.8 Å². The van der Waals surface area contributed by atoms with Crippen molar-refractivity contribution in [2.45, 2.75) is 150 Å². The van der Waals surface area contributed by atoms with E-state index in [1.165, 1.54) is 13.2 Å². The maximum Gasteiger partial charge on any atom is 0.320 e. The highest BCUT2D eigenvalue weighted by molar-refractivity contribution is 6.20. The number of benzene rings is 2. The number of aromatic hydroxyl groups is 2. The number of fused-ring (bicyclic) bond motifs is 6. The van der Waals surface area contributed by atoms with E-state index in [1.54, 1.807) is 66.7 Å². The van der Waals surface area contributed by atoms with E-state index in [1.807, 2.05) is 19.3 Å². The number of phenols is 2. The number of anilines is 1. The van der Waals surface area contributed by atoms with Gasteiger partial charge in [-0.2, -0.15) is 0 Å². The maximum absolute atomic E-state index is 14.1. The lowest BCUT2D eigenvalue weighted by Gasteiger charge is -2.40. The number of methoxy groups -OCH3 is 1. The summed E-state index contributed by atoms with van der Waals surface area (Å²) in [7, 11) is 1.50. The molecular formula is C58H82N8O11. The first-order valence-corrected chi connectivity index (χ1v) is 27.5. The monoisotopic (exact) mass is 1070 g/mol. The zero-order valence-corrected chi connectivity index (χ0v) is 46.8. The molecule has 6 N–H and O–H groups in total. The maximum atomic E-state index is 14.1. The number of aliphatic hydroxyl groups is 3. The molecule has 19 heteroatoms. The van der Waals surface area contributed by atoms with Crippen LogP contribution in [-0.2, 0) is 32.2 Å². The molecule has 8 atom stereocenters. The molecule has 19 nitrogen and oxygen atoms in total. The average Bonchev–Trinajstić information content (AvgIpc) is 4.28. The van der Waals surface area contributed by atoms with Gasteiger partial charge in [0.05, 0.1) is 54.0 Å². The largest absolute Gasteiger partial charge is 0.516 e. The van der Waals surface area contributed by atoms with Crippen molar-refractivity contribution >= 4 is 34.1 Å². The summed E-state index contributed by atoms with van der Waals surface area (Å²) in [5, 5.41) is 60.7. The van der Waals surface area contributed by atoms with Crippen LogP contribution in [0.5, 0.6) is 17.2 Å². The van der Waals surface area contributed by atoms with E-state index in [9.17, 15) is 39.9 Å². The Balaban J connectivity index is 0.951. The lowest BCUT2D eigenvalue weighted by atomic mass is 9.78. The van der Waals surface area contributed by atoms with E-state index >= 15 is 0 Å². The number of nitrogens with one attached hydrogen (secondary N) is 1. The number of carbonyl (C=O) groups is 3. The first-order valence-electron chi connectivity index (χ1n) is 27.5. The molecule has 0 bridgehead atoms. The number of aromatic nitrogens is 2. The second-order valence-corrected chi connectivity index (χ2v) is 23.3. The summed E-state index contributed by atoms with van der Waals surface area (Å²) in [5.41, 5.74) is -1.46. The van der Waals surface area contributed by atoms with E-state index in [0.717, 1.165) is 77.3 Å². The number of amides is 1. The Bertz CT molecular complexity index is 2910. The highest BCUT2D eigenvalue weighted by Crippen LogP contribution is 2.49. The summed E-state index contributed by atoms with van der Waals surface area (Å²) < 4.78 is 20.2. The minimum absolute atomic E-state index is 0.0259. The minimum Gasteiger partial charge on any atom is -0.516 e. The van der Waals surface area contributed by atoms with E-state index < -0.39 is 77.0 Å². The Kier molecular flexibility index (Phi) is 17.4. The van der Waals surface area contributed by atoms with Gasteiger partial charge in [0, 0.05) is 124 Å². The van der Waals surface area contributed by atoms with Crippen molar-refractivity contribution in [3.8, 4) is 17.2 Å². The van der Waals surface area contributed by atoms with Crippen LogP contribution in [0.2, 0.25) is 0 Å². The van der Waals surface area contributed by atoms with Crippen LogP contribution in [0.15, 0.2) is 58.5 Å². The molecule has 1 amide bonds. The predicted molar refractivity (Wildman–Crippen MR) is 291 cm³/mol. The summed E-state index contributed by atoms with van der Waals surface area (Å²) in [6.07, 6.45) is 10.4. The van der Waals surface area contributed by atoms with Gasteiger partial charge in [0.15, 0.2) is 17.0 Å². The molecule has 0 radical (unpaired) electrons. The van der Waals surface area contributed by atoms with Gasteiger partial charge >= 0.3 is 5.97 Å². The summed E-state index contributed by atoms with van der Waals surface area (Å²) in [6, 6.07) is 0.401. The smallest absolute Gasteiger partial charge is 0.320 e. The fourth-order valence-electron chi connectivity index (χ4n) is 12.2. The van der Waals surface area contributed by atoms with Crippen molar-refractivity contribution in [1.29, 1.82) is 0 Å². The number of ether oxygens (including phenoxy) is 3. The molecule has 0 unspecified atom stereocenters. The fraction of sp³-hybridized carbons (Fsp3) is 0.621. The molecule has 1 spiro atoms. The number of piperidine rings is 2. The molecule has 1 aromatic heterocycles. The molecule has 2 fully saturated rings. The second kappa shape index (κ2) is 23.3. The zero-order valence-electron chi connectivity index (χ0n) is 46.8. The lowest BCUT2D eigenvalue weighted by Crippen LogP contribution is -2.50. The van der Waals surface area contributed by atoms with Crippen LogP contribution in [0.25, 0.3) is 10.8 Å². The number of likely N-dealkylation sites (tertiary alicyclic amines) is 2. The molecule has 5 aliphatic heterocycles. The van der Waals surface area contributed by atoms with Gasteiger partial charge in [-0.25, -0.2) is 4.98 Å². The number of hydrogen-bond acceptors (Lipinski definition) is 17. The molecular weight excluding hydrogens is 985 g/mol. The first kappa shape index (κ1) is 57.5. The molecule has 2 saturated heterocycles. The summed E-state index contributed by atoms with van der Waals surface area (Å²) >= 11 is 0. The van der Waals surface area contributed by atoms with Crippen LogP contribution in [0, 0.1) is 36.5 Å². The Morgan fingerprint density at radius 1 is 0.896 bits per heavy atom. The first-order chi connectivity index (χ1) is 36.5. The van der Waals surface area contributed by atoms with E-state index in [2.05, 4.69) is 43.4 Å². The number of nitrogens with zero attached hydrogens (tertiary/aromatic N) is 7. The van der Waals surface area contributed by atoms with E-state index in [-0.39, 0.29) is 62.3 Å². The van der Waals surface area contributed by atoms with Gasteiger partial charge in [-0.3, -0.25) is 34.2 Å². The van der Waals surface area contributed by atoms with Crippen LogP contribution in [0.3, 0.4) is 0 Å². The standard InChI is InChI=1S/C58H82N8O11/c1-32(2)29-64-23-18-58(19-24-64)61-46-43-44(51(71)38(8)54-45(43)55(73)57(9,10)77-54)52(72)48(47(46)62-58)60-56(74)34(4)14-12-13-33(3)49(69)36(6)50(70)37(7)53(35(5)40(75-11)17-28-67)76-42(68)31-63-21-15-39(16-22-63)66-27-26-65-25-20-59-41(65)30-66/h12-14,17,20,25,28,32-33,35-37,39-40,49-50,53,67,69-72H,15-16,18-19,21-24,26-27,29-31H2,1-11H3,(H,60,74)/b13-12+,28-17+,34-14-/t33-,35+,36+,37+,40-,49-,50+,53+/m0/s1. The summed E-state index contributed by atoms with van der Waals surface area (Å²) in [6.45, 7) is 24.6. The topological polar surface area (TPSA) is 244 Å². The van der Waals surface area contributed by atoms with Crippen molar-refractivity contribution in [3.05, 3.63) is 76.2 Å². The van der Waals surface area contributed by atoms with Gasteiger partial charge < -0.3 is 54.5 Å². The minimum atomic E-state index is -1.23. The second-order valence-electron chi connectivity index (χ2n) is 23.3. The van der Waals surface area contributed by atoms with Crippen molar-refractivity contribution in [1.82, 2.24) is 24.3 Å². The van der Waals surface area contributed by atoms with Crippen molar-refractivity contribution < 1.29 is 54.1 Å². The summed E-state index contributed by atoms with van der Waals surface area (Å²) in [5.74, 6) is -2.70. The molecule has 5 aliphatic rings.